The number of fused-ring (bicyclic) bond motifs is 1. The van der Waals surface area contributed by atoms with Gasteiger partial charge in [-0.05, 0) is 48.5 Å². The van der Waals surface area contributed by atoms with E-state index in [1.165, 1.54) is 18.3 Å². The van der Waals surface area contributed by atoms with E-state index in [4.69, 9.17) is 17.3 Å². The Hall–Kier alpha value is -3.85. The van der Waals surface area contributed by atoms with E-state index >= 15 is 0 Å². The van der Waals surface area contributed by atoms with Gasteiger partial charge in [-0.3, -0.25) is 14.4 Å². The molecule has 2 unspecified atom stereocenters. The van der Waals surface area contributed by atoms with Crippen LogP contribution in [0.15, 0.2) is 60.3 Å². The van der Waals surface area contributed by atoms with Crippen LogP contribution in [0.4, 0.5) is 16.2 Å². The molecule has 5 amide bonds. The number of likely N-dealkylation sites (N-methyl/N-ethyl adjacent to an activating group) is 1. The molecule has 4 N–H and O–H groups in total. The number of imide groups is 1. The molecular weight excluding hydrogens is 422 g/mol. The number of nitrogens with zero attached hydrogens (tertiary/aromatic N) is 2. The average Bonchev–Trinajstić information content (AvgIpc) is 3.06. The number of urea groups is 1. The number of hydrogen-bond donors (Lipinski definition) is 3. The first-order valence-electron chi connectivity index (χ1n) is 9.31. The molecule has 0 aliphatic carbocycles. The van der Waals surface area contributed by atoms with Crippen LogP contribution in [0.2, 0.25) is 5.02 Å². The Labute approximate surface area is 182 Å². The van der Waals surface area contributed by atoms with Gasteiger partial charge in [0.1, 0.15) is 6.04 Å². The number of amides is 5. The molecule has 158 valence electrons. The molecular formula is C21H18ClN5O4. The molecule has 0 aromatic heterocycles. The summed E-state index contributed by atoms with van der Waals surface area (Å²) < 4.78 is 0. The molecule has 2 aromatic carbocycles. The molecule has 2 aliphatic heterocycles. The lowest BCUT2D eigenvalue weighted by molar-refractivity contribution is -0.122. The highest BCUT2D eigenvalue weighted by Gasteiger charge is 2.49. The first-order valence-corrected chi connectivity index (χ1v) is 9.69. The zero-order chi connectivity index (χ0) is 22.3. The molecule has 10 heteroatoms. The smallest absolute Gasteiger partial charge is 0.329 e. The van der Waals surface area contributed by atoms with Gasteiger partial charge in [0.05, 0.1) is 17.3 Å². The van der Waals surface area contributed by atoms with Gasteiger partial charge in [0.15, 0.2) is 0 Å². The summed E-state index contributed by atoms with van der Waals surface area (Å²) in [4.78, 5) is 52.5. The highest BCUT2D eigenvalue weighted by molar-refractivity contribution is 6.30. The number of benzene rings is 2. The zero-order valence-electron chi connectivity index (χ0n) is 16.3. The van der Waals surface area contributed by atoms with Crippen molar-refractivity contribution in [2.24, 2.45) is 5.73 Å². The van der Waals surface area contributed by atoms with Crippen molar-refractivity contribution in [3.63, 3.8) is 0 Å². The predicted molar refractivity (Wildman–Crippen MR) is 114 cm³/mol. The number of carbonyl (C=O) groups excluding carboxylic acids is 4. The largest absolute Gasteiger partial charge is 0.366 e. The maximum atomic E-state index is 13.1. The van der Waals surface area contributed by atoms with Crippen LogP contribution in [0.5, 0.6) is 0 Å². The molecule has 2 atom stereocenters. The molecule has 1 fully saturated rings. The first kappa shape index (κ1) is 20.4. The number of carbonyl (C=O) groups is 4. The van der Waals surface area contributed by atoms with Crippen molar-refractivity contribution in [3.05, 3.63) is 70.9 Å². The van der Waals surface area contributed by atoms with Crippen LogP contribution < -0.4 is 21.3 Å². The number of primary amides is 1. The van der Waals surface area contributed by atoms with Gasteiger partial charge >= 0.3 is 6.03 Å². The standard InChI is InChI=1S/C21H18ClN5O4/c1-26-10-15(19(29)24-13-6-2-11(3-7-13)18(23)28)16-17(26)20(30)27(21(31)25-16)14-8-4-12(22)5-9-14/h2-10,16-17H,1H3,(H2,23,28)(H,24,29)(H,25,31). The van der Waals surface area contributed by atoms with Gasteiger partial charge in [-0.2, -0.15) is 0 Å². The minimum absolute atomic E-state index is 0.240. The highest BCUT2D eigenvalue weighted by Crippen LogP contribution is 2.30. The quantitative estimate of drug-likeness (QED) is 0.668. The van der Waals surface area contributed by atoms with Gasteiger partial charge in [-0.15, -0.1) is 0 Å². The Bertz CT molecular complexity index is 1110. The predicted octanol–water partition coefficient (Wildman–Crippen LogP) is 1.70. The third-order valence-corrected chi connectivity index (χ3v) is 5.41. The summed E-state index contributed by atoms with van der Waals surface area (Å²) in [6, 6.07) is 10.2. The molecule has 9 nitrogen and oxygen atoms in total. The van der Waals surface area contributed by atoms with Crippen LogP contribution in [0, 0.1) is 0 Å². The Morgan fingerprint density at radius 1 is 1.06 bits per heavy atom. The normalized spacial score (nSPS) is 20.1. The number of anilines is 2. The van der Waals surface area contributed by atoms with Crippen LogP contribution in [-0.2, 0) is 9.59 Å². The molecule has 4 rings (SSSR count). The maximum absolute atomic E-state index is 13.1. The molecule has 0 spiro atoms. The molecule has 0 bridgehead atoms. The Morgan fingerprint density at radius 2 is 1.71 bits per heavy atom. The number of nitrogens with two attached hydrogens (primary N) is 1. The molecule has 0 radical (unpaired) electrons. The van der Waals surface area contributed by atoms with Crippen molar-refractivity contribution in [1.82, 2.24) is 10.2 Å². The Morgan fingerprint density at radius 3 is 2.32 bits per heavy atom. The summed E-state index contributed by atoms with van der Waals surface area (Å²) in [5.41, 5.74) is 6.59. The van der Waals surface area contributed by atoms with E-state index in [2.05, 4.69) is 10.6 Å². The van der Waals surface area contributed by atoms with E-state index in [0.29, 0.717) is 22.0 Å². The van der Waals surface area contributed by atoms with E-state index in [0.717, 1.165) is 4.90 Å². The summed E-state index contributed by atoms with van der Waals surface area (Å²) in [5.74, 6) is -1.50. The van der Waals surface area contributed by atoms with Crippen molar-refractivity contribution in [1.29, 1.82) is 0 Å². The summed E-state index contributed by atoms with van der Waals surface area (Å²) in [5, 5.41) is 5.93. The van der Waals surface area contributed by atoms with Crippen LogP contribution in [-0.4, -0.2) is 47.8 Å². The number of hydrogen-bond acceptors (Lipinski definition) is 5. The minimum atomic E-state index is -0.807. The van der Waals surface area contributed by atoms with Gasteiger partial charge in [-0.25, -0.2) is 9.69 Å². The molecule has 2 aromatic rings. The monoisotopic (exact) mass is 439 g/mol. The second kappa shape index (κ2) is 7.77. The summed E-state index contributed by atoms with van der Waals surface area (Å²) >= 11 is 5.89. The Balaban J connectivity index is 1.54. The van der Waals surface area contributed by atoms with Gasteiger partial charge in [-0.1, -0.05) is 11.6 Å². The van der Waals surface area contributed by atoms with Gasteiger partial charge < -0.3 is 21.3 Å². The maximum Gasteiger partial charge on any atom is 0.329 e. The van der Waals surface area contributed by atoms with Crippen molar-refractivity contribution in [3.8, 4) is 0 Å². The number of halogens is 1. The Kier molecular flexibility index (Phi) is 5.12. The second-order valence-corrected chi connectivity index (χ2v) is 7.60. The molecule has 2 heterocycles. The average molecular weight is 440 g/mol. The van der Waals surface area contributed by atoms with E-state index in [9.17, 15) is 19.2 Å². The summed E-state index contributed by atoms with van der Waals surface area (Å²) in [7, 11) is 1.66. The topological polar surface area (TPSA) is 125 Å². The van der Waals surface area contributed by atoms with E-state index in [1.807, 2.05) is 0 Å². The zero-order valence-corrected chi connectivity index (χ0v) is 17.1. The SMILES string of the molecule is CN1C=C(C(=O)Nc2ccc(C(N)=O)cc2)C2NC(=O)N(c3ccc(Cl)cc3)C(=O)C21. The molecule has 0 saturated carbocycles. The lowest BCUT2D eigenvalue weighted by atomic mass is 9.99. The lowest BCUT2D eigenvalue weighted by Crippen LogP contribution is -2.65. The van der Waals surface area contributed by atoms with Crippen molar-refractivity contribution >= 4 is 46.7 Å². The van der Waals surface area contributed by atoms with Crippen LogP contribution >= 0.6 is 11.6 Å². The first-order chi connectivity index (χ1) is 14.8. The van der Waals surface area contributed by atoms with Crippen molar-refractivity contribution in [2.45, 2.75) is 12.1 Å². The third kappa shape index (κ3) is 3.71. The fourth-order valence-electron chi connectivity index (χ4n) is 3.64. The van der Waals surface area contributed by atoms with Gasteiger partial charge in [0.2, 0.25) is 5.91 Å². The molecule has 1 saturated heterocycles. The number of nitrogens with one attached hydrogen (secondary N) is 2. The fraction of sp³-hybridized carbons (Fsp3) is 0.143. The fourth-order valence-corrected chi connectivity index (χ4v) is 3.77. The van der Waals surface area contributed by atoms with Gasteiger partial charge in [0.25, 0.3) is 11.8 Å². The van der Waals surface area contributed by atoms with Gasteiger partial charge in [0, 0.05) is 29.5 Å². The summed E-state index contributed by atoms with van der Waals surface area (Å²) in [6.07, 6.45) is 1.53. The van der Waals surface area contributed by atoms with Crippen molar-refractivity contribution in [2.75, 3.05) is 17.3 Å². The molecule has 31 heavy (non-hydrogen) atoms. The highest BCUT2D eigenvalue weighted by atomic mass is 35.5. The van der Waals surface area contributed by atoms with Crippen LogP contribution in [0.1, 0.15) is 10.4 Å². The molecule has 2 aliphatic rings. The third-order valence-electron chi connectivity index (χ3n) is 5.16. The summed E-state index contributed by atoms with van der Waals surface area (Å²) in [6.45, 7) is 0. The second-order valence-electron chi connectivity index (χ2n) is 7.17. The minimum Gasteiger partial charge on any atom is -0.366 e. The van der Waals surface area contributed by atoms with E-state index in [1.54, 1.807) is 48.3 Å². The lowest BCUT2D eigenvalue weighted by Gasteiger charge is -2.37. The van der Waals surface area contributed by atoms with Crippen LogP contribution in [0.3, 0.4) is 0 Å². The van der Waals surface area contributed by atoms with Crippen LogP contribution in [0.25, 0.3) is 0 Å². The van der Waals surface area contributed by atoms with E-state index < -0.39 is 35.8 Å². The van der Waals surface area contributed by atoms with E-state index in [-0.39, 0.29) is 5.57 Å². The van der Waals surface area contributed by atoms with Crippen molar-refractivity contribution < 1.29 is 19.2 Å². The number of rotatable bonds is 4.